The molecule has 0 spiro atoms. The van der Waals surface area contributed by atoms with Gasteiger partial charge in [0.1, 0.15) is 11.9 Å². The van der Waals surface area contributed by atoms with E-state index in [0.29, 0.717) is 41.7 Å². The monoisotopic (exact) mass is 548 g/mol. The summed E-state index contributed by atoms with van der Waals surface area (Å²) in [6, 6.07) is 9.74. The second-order valence-corrected chi connectivity index (χ2v) is 11.0. The zero-order valence-corrected chi connectivity index (χ0v) is 22.5. The van der Waals surface area contributed by atoms with Crippen molar-refractivity contribution in [2.45, 2.75) is 57.3 Å². The van der Waals surface area contributed by atoms with E-state index in [1.807, 2.05) is 6.07 Å². The Bertz CT molecular complexity index is 1040. The molecule has 2 amide bonds. The predicted molar refractivity (Wildman–Crippen MR) is 147 cm³/mol. The van der Waals surface area contributed by atoms with E-state index in [9.17, 15) is 9.59 Å². The van der Waals surface area contributed by atoms with Crippen molar-refractivity contribution in [3.8, 4) is 0 Å². The highest BCUT2D eigenvalue weighted by atomic mass is 35.5. The molecule has 0 aliphatic carbocycles. The molecule has 0 saturated carbocycles. The number of carbonyl (C=O) groups is 2. The number of nitrogens with zero attached hydrogens (tertiary/aromatic N) is 1. The Hall–Kier alpha value is -2.50. The molecular formula is C26H37ClN6O3S. The van der Waals surface area contributed by atoms with E-state index in [-0.39, 0.29) is 24.3 Å². The number of carbonyl (C=O) groups excluding carboxylic acids is 2. The summed E-state index contributed by atoms with van der Waals surface area (Å²) in [5.74, 6) is 0.197. The van der Waals surface area contributed by atoms with Crippen LogP contribution in [0.4, 0.5) is 0 Å². The third-order valence-electron chi connectivity index (χ3n) is 6.60. The molecule has 202 valence electrons. The molecule has 2 aromatic rings. The number of rotatable bonds is 8. The molecule has 3 atom stereocenters. The second kappa shape index (κ2) is 14.4. The van der Waals surface area contributed by atoms with Crippen LogP contribution in [0.25, 0.3) is 0 Å². The molecular weight excluding hydrogens is 512 g/mol. The van der Waals surface area contributed by atoms with Crippen molar-refractivity contribution in [2.24, 2.45) is 17.4 Å². The summed E-state index contributed by atoms with van der Waals surface area (Å²) in [4.78, 5) is 28.8. The van der Waals surface area contributed by atoms with E-state index in [2.05, 4.69) is 10.6 Å². The zero-order valence-electron chi connectivity index (χ0n) is 20.9. The van der Waals surface area contributed by atoms with E-state index >= 15 is 0 Å². The highest BCUT2D eigenvalue weighted by Crippen LogP contribution is 2.22. The first-order valence-corrected chi connectivity index (χ1v) is 13.8. The number of piperidine rings is 1. The van der Waals surface area contributed by atoms with Crippen LogP contribution in [0, 0.1) is 11.3 Å². The topological polar surface area (TPSA) is 158 Å². The molecule has 0 bridgehead atoms. The molecule has 3 unspecified atom stereocenters. The quantitative estimate of drug-likeness (QED) is 0.219. The standard InChI is InChI=1S/C19H30N6O2S.C7H7ClO/c20-14(9-12-3-1-7-23-10-12)19(27)25-8-2-4-15(25)18(26)24-11-13-5-6-16(28-13)17(21)22;8-7-3-1-6(5-9)2-4-7/h5-6,12,14-15,23H,1-4,7-11,20H2,(H3,21,22)(H,24,26);1-4,9H,5H2. The Kier molecular flexibility index (Phi) is 11.3. The van der Waals surface area contributed by atoms with Gasteiger partial charge in [-0.25, -0.2) is 0 Å². The maximum atomic E-state index is 12.9. The maximum Gasteiger partial charge on any atom is 0.243 e. The number of amidine groups is 1. The number of benzene rings is 1. The minimum absolute atomic E-state index is 0.0253. The van der Waals surface area contributed by atoms with Crippen LogP contribution in [0.5, 0.6) is 0 Å². The minimum atomic E-state index is -0.547. The van der Waals surface area contributed by atoms with E-state index < -0.39 is 12.1 Å². The number of halogens is 1. The van der Waals surface area contributed by atoms with Crippen molar-refractivity contribution in [2.75, 3.05) is 19.6 Å². The van der Waals surface area contributed by atoms with E-state index in [0.717, 1.165) is 42.8 Å². The molecule has 11 heteroatoms. The fourth-order valence-corrected chi connectivity index (χ4v) is 5.54. The number of likely N-dealkylation sites (tertiary alicyclic amines) is 1. The van der Waals surface area contributed by atoms with Crippen LogP contribution in [0.15, 0.2) is 36.4 Å². The molecule has 9 nitrogen and oxygen atoms in total. The molecule has 2 aliphatic rings. The molecule has 3 heterocycles. The summed E-state index contributed by atoms with van der Waals surface area (Å²) in [5.41, 5.74) is 12.6. The van der Waals surface area contributed by atoms with Crippen molar-refractivity contribution in [3.05, 3.63) is 56.7 Å². The summed E-state index contributed by atoms with van der Waals surface area (Å²) in [7, 11) is 0. The van der Waals surface area contributed by atoms with Crippen LogP contribution >= 0.6 is 22.9 Å². The lowest BCUT2D eigenvalue weighted by Gasteiger charge is -2.29. The van der Waals surface area contributed by atoms with Crippen LogP contribution in [0.3, 0.4) is 0 Å². The molecule has 8 N–H and O–H groups in total. The normalized spacial score (nSPS) is 20.0. The van der Waals surface area contributed by atoms with E-state index in [1.165, 1.54) is 11.3 Å². The van der Waals surface area contributed by atoms with Gasteiger partial charge in [0, 0.05) is 16.4 Å². The summed E-state index contributed by atoms with van der Waals surface area (Å²) in [5, 5.41) is 23.0. The minimum Gasteiger partial charge on any atom is -0.392 e. The van der Waals surface area contributed by atoms with Gasteiger partial charge < -0.3 is 32.1 Å². The van der Waals surface area contributed by atoms with Gasteiger partial charge in [0.2, 0.25) is 11.8 Å². The summed E-state index contributed by atoms with van der Waals surface area (Å²) >= 11 is 6.97. The summed E-state index contributed by atoms with van der Waals surface area (Å²) in [6.45, 7) is 2.98. The summed E-state index contributed by atoms with van der Waals surface area (Å²) < 4.78 is 0. The van der Waals surface area contributed by atoms with Crippen LogP contribution in [-0.4, -0.2) is 59.4 Å². The van der Waals surface area contributed by atoms with Gasteiger partial charge in [-0.3, -0.25) is 15.0 Å². The molecule has 2 saturated heterocycles. The Morgan fingerprint density at radius 1 is 1.22 bits per heavy atom. The van der Waals surface area contributed by atoms with Crippen LogP contribution in [0.2, 0.25) is 5.02 Å². The SMILES string of the molecule is N=C(N)c1ccc(CNC(=O)C2CCCN2C(=O)C(N)CC2CCCNC2)s1.OCc1ccc(Cl)cc1. The van der Waals surface area contributed by atoms with Crippen molar-refractivity contribution in [3.63, 3.8) is 0 Å². The number of nitrogens with one attached hydrogen (secondary N) is 3. The molecule has 37 heavy (non-hydrogen) atoms. The second-order valence-electron chi connectivity index (χ2n) is 9.43. The Morgan fingerprint density at radius 3 is 2.59 bits per heavy atom. The molecule has 4 rings (SSSR count). The molecule has 1 aromatic heterocycles. The number of aliphatic hydroxyl groups is 1. The number of thiophene rings is 1. The highest BCUT2D eigenvalue weighted by Gasteiger charge is 2.36. The lowest BCUT2D eigenvalue weighted by molar-refractivity contribution is -0.139. The van der Waals surface area contributed by atoms with Crippen LogP contribution in [-0.2, 0) is 22.7 Å². The Labute approximate surface area is 227 Å². The first-order chi connectivity index (χ1) is 17.8. The Morgan fingerprint density at radius 2 is 1.97 bits per heavy atom. The van der Waals surface area contributed by atoms with Gasteiger partial charge in [0.25, 0.3) is 0 Å². The first kappa shape index (κ1) is 29.1. The fraction of sp³-hybridized carbons (Fsp3) is 0.500. The van der Waals surface area contributed by atoms with Gasteiger partial charge in [0.15, 0.2) is 0 Å². The highest BCUT2D eigenvalue weighted by molar-refractivity contribution is 7.14. The molecule has 0 radical (unpaired) electrons. The average Bonchev–Trinajstić information content (AvgIpc) is 3.59. The number of hydrogen-bond donors (Lipinski definition) is 6. The van der Waals surface area contributed by atoms with E-state index in [1.54, 1.807) is 35.2 Å². The zero-order chi connectivity index (χ0) is 26.8. The van der Waals surface area contributed by atoms with Crippen molar-refractivity contribution >= 4 is 40.6 Å². The third-order valence-corrected chi connectivity index (χ3v) is 7.97. The lowest BCUT2D eigenvalue weighted by Crippen LogP contribution is -2.52. The Balaban J connectivity index is 0.000000356. The average molecular weight is 549 g/mol. The predicted octanol–water partition coefficient (Wildman–Crippen LogP) is 2.19. The van der Waals surface area contributed by atoms with Gasteiger partial charge >= 0.3 is 0 Å². The number of amides is 2. The number of nitrogens with two attached hydrogens (primary N) is 2. The molecule has 2 fully saturated rings. The van der Waals surface area contributed by atoms with Gasteiger partial charge in [-0.15, -0.1) is 11.3 Å². The molecule has 2 aliphatic heterocycles. The van der Waals surface area contributed by atoms with Crippen LogP contribution in [0.1, 0.15) is 47.4 Å². The van der Waals surface area contributed by atoms with Gasteiger partial charge in [-0.2, -0.15) is 0 Å². The first-order valence-electron chi connectivity index (χ1n) is 12.6. The third kappa shape index (κ3) is 8.79. The van der Waals surface area contributed by atoms with Crippen molar-refractivity contribution < 1.29 is 14.7 Å². The smallest absolute Gasteiger partial charge is 0.243 e. The van der Waals surface area contributed by atoms with Crippen molar-refractivity contribution in [1.82, 2.24) is 15.5 Å². The lowest BCUT2D eigenvalue weighted by atomic mass is 9.92. The number of aliphatic hydroxyl groups excluding tert-OH is 1. The maximum absolute atomic E-state index is 12.9. The van der Waals surface area contributed by atoms with Gasteiger partial charge in [-0.1, -0.05) is 23.7 Å². The van der Waals surface area contributed by atoms with Gasteiger partial charge in [0.05, 0.1) is 24.1 Å². The number of nitrogen functional groups attached to an aromatic ring is 1. The van der Waals surface area contributed by atoms with Crippen molar-refractivity contribution in [1.29, 1.82) is 5.41 Å². The number of hydrogen-bond acceptors (Lipinski definition) is 7. The molecule has 1 aromatic carbocycles. The van der Waals surface area contributed by atoms with E-state index in [4.69, 9.17) is 33.6 Å². The van der Waals surface area contributed by atoms with Gasteiger partial charge in [-0.05, 0) is 80.9 Å². The van der Waals surface area contributed by atoms with Crippen LogP contribution < -0.4 is 22.1 Å². The largest absolute Gasteiger partial charge is 0.392 e. The fourth-order valence-electron chi connectivity index (χ4n) is 4.60. The summed E-state index contributed by atoms with van der Waals surface area (Å²) in [6.07, 6.45) is 4.36.